The maximum Gasteiger partial charge on any atom is 0.181 e. The molecule has 5 nitrogen and oxygen atoms in total. The van der Waals surface area contributed by atoms with Gasteiger partial charge in [-0.25, -0.2) is 12.8 Å². The van der Waals surface area contributed by atoms with E-state index < -0.39 is 27.5 Å². The lowest BCUT2D eigenvalue weighted by Crippen LogP contribution is -2.02. The van der Waals surface area contributed by atoms with Crippen molar-refractivity contribution in [3.05, 3.63) is 52.3 Å². The summed E-state index contributed by atoms with van der Waals surface area (Å²) in [5.41, 5.74) is -0.0936. The van der Waals surface area contributed by atoms with Gasteiger partial charge in [0.25, 0.3) is 0 Å². The highest BCUT2D eigenvalue weighted by atomic mass is 35.5. The van der Waals surface area contributed by atoms with Gasteiger partial charge in [-0.05, 0) is 24.3 Å². The molecule has 1 atom stereocenters. The topological polar surface area (TPSA) is 87.4 Å². The summed E-state index contributed by atoms with van der Waals surface area (Å²) in [5, 5.41) is 19.4. The van der Waals surface area contributed by atoms with Gasteiger partial charge in [0.05, 0.1) is 16.8 Å². The van der Waals surface area contributed by atoms with Gasteiger partial charge < -0.3 is 9.84 Å². The van der Waals surface area contributed by atoms with E-state index in [0.29, 0.717) is 0 Å². The molecule has 0 spiro atoms. The molecule has 0 amide bonds. The fraction of sp³-hybridized carbons (Fsp3) is 0.133. The molecule has 1 heterocycles. The maximum absolute atomic E-state index is 13.3. The van der Waals surface area contributed by atoms with Gasteiger partial charge in [-0.3, -0.25) is 0 Å². The summed E-state index contributed by atoms with van der Waals surface area (Å²) in [7, 11) is -3.63. The van der Waals surface area contributed by atoms with E-state index in [4.69, 9.17) is 16.3 Å². The number of rotatable bonds is 2. The molecule has 8 heteroatoms. The molecular weight excluding hydrogens is 345 g/mol. The summed E-state index contributed by atoms with van der Waals surface area (Å²) in [6, 6.07) is 7.92. The number of benzene rings is 2. The smallest absolute Gasteiger partial charge is 0.181 e. The van der Waals surface area contributed by atoms with Gasteiger partial charge in [0.2, 0.25) is 0 Å². The lowest BCUT2D eigenvalue weighted by atomic mass is 10.0. The van der Waals surface area contributed by atoms with Crippen molar-refractivity contribution in [2.75, 3.05) is 5.75 Å². The zero-order valence-electron chi connectivity index (χ0n) is 11.5. The van der Waals surface area contributed by atoms with Crippen LogP contribution >= 0.6 is 11.6 Å². The standard InChI is InChI=1S/C15H9ClFNO4S/c16-8-3-9(17)5-10(4-8)22-13-1-2-14-15(11(13)6-18)12(19)7-23(14,20)21/h1-5,12,19H,7H2/t12-/m0/s1. The lowest BCUT2D eigenvalue weighted by Gasteiger charge is -2.12. The highest BCUT2D eigenvalue weighted by Crippen LogP contribution is 2.40. The number of aliphatic hydroxyl groups excluding tert-OH is 1. The molecule has 1 aliphatic rings. The van der Waals surface area contributed by atoms with Crippen molar-refractivity contribution in [3.63, 3.8) is 0 Å². The molecule has 0 fully saturated rings. The molecule has 23 heavy (non-hydrogen) atoms. The minimum absolute atomic E-state index is 0.00694. The van der Waals surface area contributed by atoms with Crippen molar-refractivity contribution in [2.24, 2.45) is 0 Å². The Morgan fingerprint density at radius 3 is 2.74 bits per heavy atom. The first-order valence-electron chi connectivity index (χ1n) is 6.43. The number of ether oxygens (including phenoxy) is 1. The Morgan fingerprint density at radius 2 is 2.09 bits per heavy atom. The molecule has 1 N–H and O–H groups in total. The van der Waals surface area contributed by atoms with E-state index in [1.165, 1.54) is 18.2 Å². The number of hydrogen-bond donors (Lipinski definition) is 1. The number of nitrogens with zero attached hydrogens (tertiary/aromatic N) is 1. The molecule has 0 radical (unpaired) electrons. The Labute approximate surface area is 136 Å². The number of sulfone groups is 1. The monoisotopic (exact) mass is 353 g/mol. The van der Waals surface area contributed by atoms with Crippen LogP contribution in [0.3, 0.4) is 0 Å². The van der Waals surface area contributed by atoms with Crippen LogP contribution in [0.5, 0.6) is 11.5 Å². The van der Waals surface area contributed by atoms with Crippen LogP contribution in [-0.4, -0.2) is 19.3 Å². The van der Waals surface area contributed by atoms with Crippen molar-refractivity contribution in [2.45, 2.75) is 11.0 Å². The predicted octanol–water partition coefficient (Wildman–Crippen LogP) is 2.96. The van der Waals surface area contributed by atoms with Gasteiger partial charge in [0.1, 0.15) is 28.9 Å². The van der Waals surface area contributed by atoms with Crippen molar-refractivity contribution < 1.29 is 22.7 Å². The lowest BCUT2D eigenvalue weighted by molar-refractivity contribution is 0.203. The number of halogens is 2. The minimum atomic E-state index is -3.63. The summed E-state index contributed by atoms with van der Waals surface area (Å²) in [6.07, 6.45) is -1.30. The van der Waals surface area contributed by atoms with Crippen LogP contribution < -0.4 is 4.74 Å². The summed E-state index contributed by atoms with van der Waals surface area (Å²) in [4.78, 5) is -0.0915. The average molecular weight is 354 g/mol. The Kier molecular flexibility index (Phi) is 3.76. The van der Waals surface area contributed by atoms with Crippen LogP contribution in [0.15, 0.2) is 35.2 Å². The van der Waals surface area contributed by atoms with Crippen LogP contribution in [0, 0.1) is 17.1 Å². The van der Waals surface area contributed by atoms with Gasteiger partial charge in [0.15, 0.2) is 9.84 Å². The number of nitriles is 1. The van der Waals surface area contributed by atoms with Gasteiger partial charge in [0, 0.05) is 16.7 Å². The number of aliphatic hydroxyl groups is 1. The first-order valence-corrected chi connectivity index (χ1v) is 8.46. The molecule has 2 aromatic rings. The molecule has 118 valence electrons. The fourth-order valence-electron chi connectivity index (χ4n) is 2.48. The Hall–Kier alpha value is -2.14. The molecule has 0 saturated heterocycles. The molecule has 0 aliphatic carbocycles. The first kappa shape index (κ1) is 15.7. The molecule has 0 bridgehead atoms. The number of hydrogen-bond acceptors (Lipinski definition) is 5. The van der Waals surface area contributed by atoms with Crippen LogP contribution in [0.1, 0.15) is 17.2 Å². The van der Waals surface area contributed by atoms with Crippen LogP contribution in [0.4, 0.5) is 4.39 Å². The first-order chi connectivity index (χ1) is 10.8. The van der Waals surface area contributed by atoms with Crippen LogP contribution in [0.25, 0.3) is 0 Å². The van der Waals surface area contributed by atoms with E-state index >= 15 is 0 Å². The SMILES string of the molecule is N#Cc1c(Oc2cc(F)cc(Cl)c2)ccc2c1[C@@H](O)CS2(=O)=O. The Bertz CT molecular complexity index is 932. The van der Waals surface area contributed by atoms with E-state index in [0.717, 1.165) is 12.1 Å². The molecule has 3 rings (SSSR count). The van der Waals surface area contributed by atoms with Crippen molar-refractivity contribution in [3.8, 4) is 17.6 Å². The summed E-state index contributed by atoms with van der Waals surface area (Å²) >= 11 is 5.74. The largest absolute Gasteiger partial charge is 0.456 e. The fourth-order valence-corrected chi connectivity index (χ4v) is 4.30. The maximum atomic E-state index is 13.3. The molecule has 0 saturated carbocycles. The Balaban J connectivity index is 2.12. The van der Waals surface area contributed by atoms with Crippen molar-refractivity contribution in [1.29, 1.82) is 5.26 Å². The summed E-state index contributed by atoms with van der Waals surface area (Å²) < 4.78 is 42.6. The highest BCUT2D eigenvalue weighted by Gasteiger charge is 2.37. The van der Waals surface area contributed by atoms with Gasteiger partial charge in [-0.1, -0.05) is 11.6 Å². The molecular formula is C15H9ClFNO4S. The van der Waals surface area contributed by atoms with E-state index in [-0.39, 0.29) is 32.5 Å². The second-order valence-corrected chi connectivity index (χ2v) is 7.41. The zero-order valence-corrected chi connectivity index (χ0v) is 13.0. The van der Waals surface area contributed by atoms with Crippen LogP contribution in [-0.2, 0) is 9.84 Å². The van der Waals surface area contributed by atoms with Gasteiger partial charge in [-0.15, -0.1) is 0 Å². The molecule has 2 aromatic carbocycles. The third kappa shape index (κ3) is 2.77. The molecule has 1 aliphatic heterocycles. The molecule has 0 unspecified atom stereocenters. The minimum Gasteiger partial charge on any atom is -0.456 e. The zero-order chi connectivity index (χ0) is 16.8. The van der Waals surface area contributed by atoms with E-state index in [2.05, 4.69) is 0 Å². The van der Waals surface area contributed by atoms with E-state index in [9.17, 15) is 23.2 Å². The third-order valence-corrected chi connectivity index (χ3v) is 5.39. The van der Waals surface area contributed by atoms with E-state index in [1.807, 2.05) is 6.07 Å². The van der Waals surface area contributed by atoms with Crippen molar-refractivity contribution in [1.82, 2.24) is 0 Å². The average Bonchev–Trinajstić information content (AvgIpc) is 2.67. The quantitative estimate of drug-likeness (QED) is 0.896. The third-order valence-electron chi connectivity index (χ3n) is 3.39. The number of fused-ring (bicyclic) bond motifs is 1. The van der Waals surface area contributed by atoms with Gasteiger partial charge >= 0.3 is 0 Å². The normalized spacial score (nSPS) is 18.3. The highest BCUT2D eigenvalue weighted by molar-refractivity contribution is 7.91. The van der Waals surface area contributed by atoms with E-state index in [1.54, 1.807) is 0 Å². The second kappa shape index (κ2) is 5.49. The second-order valence-electron chi connectivity index (χ2n) is 4.97. The summed E-state index contributed by atoms with van der Waals surface area (Å²) in [6.45, 7) is 0. The Morgan fingerprint density at radius 1 is 1.35 bits per heavy atom. The molecule has 0 aromatic heterocycles. The van der Waals surface area contributed by atoms with Crippen LogP contribution in [0.2, 0.25) is 5.02 Å². The van der Waals surface area contributed by atoms with Crippen molar-refractivity contribution >= 4 is 21.4 Å². The predicted molar refractivity (Wildman–Crippen MR) is 79.7 cm³/mol. The summed E-state index contributed by atoms with van der Waals surface area (Å²) in [5.74, 6) is -1.02. The van der Waals surface area contributed by atoms with Gasteiger partial charge in [-0.2, -0.15) is 5.26 Å².